The summed E-state index contributed by atoms with van der Waals surface area (Å²) in [7, 11) is 1.61. The van der Waals surface area contributed by atoms with Gasteiger partial charge in [0.1, 0.15) is 16.6 Å². The van der Waals surface area contributed by atoms with Crippen molar-refractivity contribution >= 4 is 23.5 Å². The second-order valence-corrected chi connectivity index (χ2v) is 4.67. The summed E-state index contributed by atoms with van der Waals surface area (Å²) >= 11 is 2.34. The molecule has 82 valence electrons. The van der Waals surface area contributed by atoms with E-state index in [4.69, 9.17) is 15.3 Å². The molecule has 1 aromatic rings. The maximum Gasteiger partial charge on any atom is 0.134 e. The first-order valence-corrected chi connectivity index (χ1v) is 6.38. The van der Waals surface area contributed by atoms with Crippen molar-refractivity contribution in [2.24, 2.45) is 0 Å². The average molecular weight is 250 g/mol. The van der Waals surface area contributed by atoms with Crippen LogP contribution in [-0.4, -0.2) is 12.9 Å². The van der Waals surface area contributed by atoms with Gasteiger partial charge in [0.15, 0.2) is 0 Å². The number of thiocyanates is 2. The van der Waals surface area contributed by atoms with Crippen LogP contribution in [0.1, 0.15) is 10.8 Å². The minimum absolute atomic E-state index is 0.0283. The molecule has 0 fully saturated rings. The molecule has 1 rings (SSSR count). The largest absolute Gasteiger partial charge is 0.497 e. The van der Waals surface area contributed by atoms with Gasteiger partial charge in [-0.15, -0.1) is 0 Å². The van der Waals surface area contributed by atoms with Gasteiger partial charge in [-0.3, -0.25) is 0 Å². The lowest BCUT2D eigenvalue weighted by Gasteiger charge is -2.11. The van der Waals surface area contributed by atoms with E-state index in [9.17, 15) is 0 Å². The first kappa shape index (κ1) is 12.8. The Labute approximate surface area is 103 Å². The molecule has 1 atom stereocenters. The Morgan fingerprint density at radius 2 is 1.94 bits per heavy atom. The predicted molar refractivity (Wildman–Crippen MR) is 67.0 cm³/mol. The van der Waals surface area contributed by atoms with Gasteiger partial charge in [-0.2, -0.15) is 10.5 Å². The molecule has 0 aliphatic heterocycles. The molecule has 5 heteroatoms. The molecule has 0 aromatic heterocycles. The molecule has 3 nitrogen and oxygen atoms in total. The van der Waals surface area contributed by atoms with Crippen LogP contribution in [0.3, 0.4) is 0 Å². The normalized spacial score (nSPS) is 11.2. The van der Waals surface area contributed by atoms with E-state index in [2.05, 4.69) is 5.40 Å². The van der Waals surface area contributed by atoms with E-state index in [1.165, 1.54) is 11.8 Å². The van der Waals surface area contributed by atoms with Gasteiger partial charge in [-0.25, -0.2) is 0 Å². The van der Waals surface area contributed by atoms with Gasteiger partial charge in [-0.05, 0) is 41.2 Å². The predicted octanol–water partition coefficient (Wildman–Crippen LogP) is 3.16. The molecular formula is C11H10N2OS2. The summed E-state index contributed by atoms with van der Waals surface area (Å²) in [5.74, 6) is 1.40. The van der Waals surface area contributed by atoms with E-state index in [0.29, 0.717) is 5.75 Å². The van der Waals surface area contributed by atoms with Gasteiger partial charge >= 0.3 is 0 Å². The number of hydrogen-bond acceptors (Lipinski definition) is 5. The Morgan fingerprint density at radius 3 is 2.44 bits per heavy atom. The van der Waals surface area contributed by atoms with Gasteiger partial charge < -0.3 is 4.74 Å². The minimum Gasteiger partial charge on any atom is -0.497 e. The zero-order chi connectivity index (χ0) is 11.8. The minimum atomic E-state index is 0.0283. The molecule has 0 saturated carbocycles. The number of hydrogen-bond donors (Lipinski definition) is 0. The highest BCUT2D eigenvalue weighted by molar-refractivity contribution is 8.07. The Hall–Kier alpha value is -1.30. The van der Waals surface area contributed by atoms with Crippen molar-refractivity contribution in [3.05, 3.63) is 29.8 Å². The van der Waals surface area contributed by atoms with Crippen LogP contribution in [0.5, 0.6) is 5.75 Å². The van der Waals surface area contributed by atoms with Crippen molar-refractivity contribution in [1.29, 1.82) is 10.5 Å². The van der Waals surface area contributed by atoms with Gasteiger partial charge in [0, 0.05) is 5.75 Å². The molecule has 1 unspecified atom stereocenters. The fourth-order valence-corrected chi connectivity index (χ4v) is 2.51. The Morgan fingerprint density at radius 1 is 1.25 bits per heavy atom. The summed E-state index contributed by atoms with van der Waals surface area (Å²) in [6, 6.07) is 7.56. The monoisotopic (exact) mass is 250 g/mol. The van der Waals surface area contributed by atoms with Crippen LogP contribution in [0.4, 0.5) is 0 Å². The van der Waals surface area contributed by atoms with Gasteiger partial charge in [0.05, 0.1) is 12.4 Å². The summed E-state index contributed by atoms with van der Waals surface area (Å²) < 4.78 is 5.06. The van der Waals surface area contributed by atoms with Crippen molar-refractivity contribution in [3.8, 4) is 16.6 Å². The first-order chi connectivity index (χ1) is 7.81. The van der Waals surface area contributed by atoms with Gasteiger partial charge in [0.2, 0.25) is 0 Å². The lowest BCUT2D eigenvalue weighted by atomic mass is 10.1. The highest BCUT2D eigenvalue weighted by atomic mass is 32.2. The summed E-state index contributed by atoms with van der Waals surface area (Å²) in [6.45, 7) is 0. The fourth-order valence-electron chi connectivity index (χ4n) is 1.19. The van der Waals surface area contributed by atoms with Crippen molar-refractivity contribution in [2.75, 3.05) is 12.9 Å². The molecule has 0 heterocycles. The molecule has 0 aliphatic rings. The van der Waals surface area contributed by atoms with Crippen LogP contribution in [0.2, 0.25) is 0 Å². The van der Waals surface area contributed by atoms with E-state index >= 15 is 0 Å². The first-order valence-electron chi connectivity index (χ1n) is 4.51. The highest BCUT2D eigenvalue weighted by Crippen LogP contribution is 2.32. The van der Waals surface area contributed by atoms with Crippen LogP contribution in [0.25, 0.3) is 0 Å². The zero-order valence-corrected chi connectivity index (χ0v) is 10.3. The Kier molecular flexibility index (Phi) is 5.63. The maximum atomic E-state index is 8.69. The van der Waals surface area contributed by atoms with Crippen molar-refractivity contribution < 1.29 is 4.74 Å². The van der Waals surface area contributed by atoms with E-state index in [-0.39, 0.29) is 5.25 Å². The van der Waals surface area contributed by atoms with Crippen LogP contribution in [0, 0.1) is 21.3 Å². The standard InChI is InChI=1S/C11H10N2OS2/c1-14-10-4-2-9(3-5-10)11(16-8-13)6-15-7-12/h2-5,11H,6H2,1H3. The second kappa shape index (κ2) is 7.05. The molecule has 0 amide bonds. The molecule has 0 aliphatic carbocycles. The summed E-state index contributed by atoms with van der Waals surface area (Å²) in [5, 5.41) is 21.3. The smallest absolute Gasteiger partial charge is 0.134 e. The number of benzene rings is 1. The van der Waals surface area contributed by atoms with E-state index in [0.717, 1.165) is 23.1 Å². The molecule has 1 aromatic carbocycles. The van der Waals surface area contributed by atoms with E-state index in [1.54, 1.807) is 7.11 Å². The van der Waals surface area contributed by atoms with Gasteiger partial charge in [0.25, 0.3) is 0 Å². The lowest BCUT2D eigenvalue weighted by Crippen LogP contribution is -1.96. The average Bonchev–Trinajstić information content (AvgIpc) is 2.35. The topological polar surface area (TPSA) is 56.8 Å². The molecule has 16 heavy (non-hydrogen) atoms. The third-order valence-corrected chi connectivity index (χ3v) is 3.65. The summed E-state index contributed by atoms with van der Waals surface area (Å²) in [6.07, 6.45) is 0. The Bertz CT molecular complexity index is 405. The molecule has 0 saturated heterocycles. The summed E-state index contributed by atoms with van der Waals surface area (Å²) in [5.41, 5.74) is 1.04. The molecule has 0 spiro atoms. The fraction of sp³-hybridized carbons (Fsp3) is 0.273. The molecule has 0 bridgehead atoms. The number of nitriles is 2. The van der Waals surface area contributed by atoms with Crippen molar-refractivity contribution in [1.82, 2.24) is 0 Å². The van der Waals surface area contributed by atoms with Crippen LogP contribution in [0.15, 0.2) is 24.3 Å². The molecular weight excluding hydrogens is 240 g/mol. The highest BCUT2D eigenvalue weighted by Gasteiger charge is 2.12. The van der Waals surface area contributed by atoms with Crippen molar-refractivity contribution in [2.45, 2.75) is 5.25 Å². The number of methoxy groups -OCH3 is 1. The van der Waals surface area contributed by atoms with Gasteiger partial charge in [-0.1, -0.05) is 12.1 Å². The van der Waals surface area contributed by atoms with Crippen LogP contribution < -0.4 is 4.74 Å². The summed E-state index contributed by atoms with van der Waals surface area (Å²) in [4.78, 5) is 0. The third kappa shape index (κ3) is 3.69. The molecule has 0 radical (unpaired) electrons. The second-order valence-electron chi connectivity index (χ2n) is 2.87. The van der Waals surface area contributed by atoms with Crippen molar-refractivity contribution in [3.63, 3.8) is 0 Å². The number of rotatable bonds is 5. The lowest BCUT2D eigenvalue weighted by molar-refractivity contribution is 0.414. The maximum absolute atomic E-state index is 8.69. The Balaban J connectivity index is 2.76. The third-order valence-electron chi connectivity index (χ3n) is 1.98. The van der Waals surface area contributed by atoms with Crippen LogP contribution in [-0.2, 0) is 0 Å². The SMILES string of the molecule is COc1ccc(C(CSC#N)SC#N)cc1. The number of ether oxygens (including phenoxy) is 1. The number of thioether (sulfide) groups is 2. The van der Waals surface area contributed by atoms with E-state index < -0.39 is 0 Å². The van der Waals surface area contributed by atoms with Crippen LogP contribution >= 0.6 is 23.5 Å². The zero-order valence-electron chi connectivity index (χ0n) is 8.71. The van der Waals surface area contributed by atoms with E-state index in [1.807, 2.05) is 29.7 Å². The number of nitrogens with zero attached hydrogens (tertiary/aromatic N) is 2. The quantitative estimate of drug-likeness (QED) is 0.751. The molecule has 0 N–H and O–H groups in total.